The lowest BCUT2D eigenvalue weighted by Gasteiger charge is -2.10. The van der Waals surface area contributed by atoms with Crippen molar-refractivity contribution in [1.82, 2.24) is 0 Å². The van der Waals surface area contributed by atoms with E-state index in [0.717, 1.165) is 17.7 Å². The molecule has 0 radical (unpaired) electrons. The number of hydrogen-bond acceptors (Lipinski definition) is 3. The Bertz CT molecular complexity index is 438. The predicted octanol–water partition coefficient (Wildman–Crippen LogP) is 2.45. The Morgan fingerprint density at radius 1 is 1.12 bits per heavy atom. The highest BCUT2D eigenvalue weighted by atomic mass is 32.2. The summed E-state index contributed by atoms with van der Waals surface area (Å²) < 4.78 is 28.5. The molecule has 0 fully saturated rings. The van der Waals surface area contributed by atoms with E-state index < -0.39 is 9.84 Å². The van der Waals surface area contributed by atoms with E-state index in [0.29, 0.717) is 6.42 Å². The minimum Gasteiger partial charge on any atom is -0.492 e. The Balaban J connectivity index is 2.51. The van der Waals surface area contributed by atoms with Gasteiger partial charge in [0.05, 0.1) is 11.5 Å². The fourth-order valence-corrected chi connectivity index (χ4v) is 2.79. The largest absolute Gasteiger partial charge is 0.492 e. The topological polar surface area (TPSA) is 43.4 Å². The summed E-state index contributed by atoms with van der Waals surface area (Å²) in [6.07, 6.45) is 1.55. The second-order valence-corrected chi connectivity index (χ2v) is 6.27. The molecule has 0 aliphatic heterocycles. The molecule has 0 saturated heterocycles. The first-order valence-corrected chi connectivity index (χ1v) is 7.82. The molecule has 96 valence electrons. The van der Waals surface area contributed by atoms with E-state index in [9.17, 15) is 8.42 Å². The number of hydrogen-bond donors (Lipinski definition) is 0. The van der Waals surface area contributed by atoms with E-state index in [4.69, 9.17) is 4.74 Å². The van der Waals surface area contributed by atoms with E-state index in [2.05, 4.69) is 6.92 Å². The molecule has 0 bridgehead atoms. The van der Waals surface area contributed by atoms with Crippen LogP contribution in [0.1, 0.15) is 25.8 Å². The molecule has 0 aromatic heterocycles. The van der Waals surface area contributed by atoms with Crippen molar-refractivity contribution in [1.29, 1.82) is 0 Å². The maximum absolute atomic E-state index is 11.5. The zero-order chi connectivity index (χ0) is 12.7. The van der Waals surface area contributed by atoms with Crippen LogP contribution in [-0.2, 0) is 16.3 Å². The minimum atomic E-state index is -2.95. The van der Waals surface area contributed by atoms with Gasteiger partial charge in [-0.3, -0.25) is 0 Å². The van der Waals surface area contributed by atoms with Crippen molar-refractivity contribution in [2.24, 2.45) is 0 Å². The maximum Gasteiger partial charge on any atom is 0.153 e. The molecule has 0 N–H and O–H groups in total. The fourth-order valence-electron chi connectivity index (χ4n) is 1.63. The van der Waals surface area contributed by atoms with Crippen molar-refractivity contribution in [3.05, 3.63) is 29.8 Å². The zero-order valence-electron chi connectivity index (χ0n) is 10.5. The first-order chi connectivity index (χ1) is 8.09. The molecule has 0 spiro atoms. The van der Waals surface area contributed by atoms with Gasteiger partial charge < -0.3 is 4.74 Å². The molecule has 0 saturated carbocycles. The van der Waals surface area contributed by atoms with Crippen LogP contribution in [0.15, 0.2) is 24.3 Å². The monoisotopic (exact) mass is 256 g/mol. The molecule has 3 nitrogen and oxygen atoms in total. The average molecular weight is 256 g/mol. The molecule has 0 unspecified atom stereocenters. The smallest absolute Gasteiger partial charge is 0.153 e. The number of ether oxygens (including phenoxy) is 1. The van der Waals surface area contributed by atoms with Gasteiger partial charge in [0.2, 0.25) is 0 Å². The Kier molecular flexibility index (Phi) is 5.48. The molecule has 1 aromatic rings. The lowest BCUT2D eigenvalue weighted by Crippen LogP contribution is -2.17. The summed E-state index contributed by atoms with van der Waals surface area (Å²) in [5, 5.41) is 0. The van der Waals surface area contributed by atoms with Gasteiger partial charge >= 0.3 is 0 Å². The van der Waals surface area contributed by atoms with Crippen molar-refractivity contribution in [3.63, 3.8) is 0 Å². The van der Waals surface area contributed by atoms with Crippen LogP contribution in [0.2, 0.25) is 0 Å². The number of aryl methyl sites for hydroxylation is 1. The number of para-hydroxylation sites is 1. The Hall–Kier alpha value is -1.03. The first kappa shape index (κ1) is 14.0. The van der Waals surface area contributed by atoms with Crippen LogP contribution < -0.4 is 4.74 Å². The zero-order valence-corrected chi connectivity index (χ0v) is 11.3. The van der Waals surface area contributed by atoms with Gasteiger partial charge in [0.1, 0.15) is 12.4 Å². The van der Waals surface area contributed by atoms with Crippen LogP contribution in [0.5, 0.6) is 5.75 Å². The SMILES string of the molecule is CCCS(=O)(=O)CCOc1ccccc1CC. The average Bonchev–Trinajstić information content (AvgIpc) is 2.29. The van der Waals surface area contributed by atoms with Gasteiger partial charge in [-0.15, -0.1) is 0 Å². The summed E-state index contributed by atoms with van der Waals surface area (Å²) in [4.78, 5) is 0. The predicted molar refractivity (Wildman–Crippen MR) is 70.3 cm³/mol. The quantitative estimate of drug-likeness (QED) is 0.752. The Labute approximate surface area is 104 Å². The van der Waals surface area contributed by atoms with Gasteiger partial charge in [-0.2, -0.15) is 0 Å². The van der Waals surface area contributed by atoms with E-state index >= 15 is 0 Å². The number of rotatable bonds is 7. The highest BCUT2D eigenvalue weighted by Crippen LogP contribution is 2.18. The van der Waals surface area contributed by atoms with Crippen LogP contribution in [-0.4, -0.2) is 26.5 Å². The fraction of sp³-hybridized carbons (Fsp3) is 0.538. The standard InChI is InChI=1S/C13H20O3S/c1-3-10-17(14,15)11-9-16-13-8-6-5-7-12(13)4-2/h5-8H,3-4,9-11H2,1-2H3. The van der Waals surface area contributed by atoms with E-state index in [1.54, 1.807) is 0 Å². The second kappa shape index (κ2) is 6.64. The van der Waals surface area contributed by atoms with Crippen LogP contribution in [0.3, 0.4) is 0 Å². The molecule has 0 aliphatic rings. The summed E-state index contributed by atoms with van der Waals surface area (Å²) in [6.45, 7) is 4.15. The molecule has 1 aromatic carbocycles. The van der Waals surface area contributed by atoms with E-state index in [1.165, 1.54) is 0 Å². The Morgan fingerprint density at radius 2 is 1.82 bits per heavy atom. The first-order valence-electron chi connectivity index (χ1n) is 6.00. The number of benzene rings is 1. The summed E-state index contributed by atoms with van der Waals surface area (Å²) in [7, 11) is -2.95. The molecule has 1 rings (SSSR count). The third-order valence-electron chi connectivity index (χ3n) is 2.52. The third-order valence-corrected chi connectivity index (χ3v) is 4.34. The van der Waals surface area contributed by atoms with Crippen LogP contribution >= 0.6 is 0 Å². The molecule has 0 aliphatic carbocycles. The minimum absolute atomic E-state index is 0.0961. The second-order valence-electron chi connectivity index (χ2n) is 3.96. The molecule has 0 amide bonds. The van der Waals surface area contributed by atoms with Gasteiger partial charge in [-0.1, -0.05) is 32.0 Å². The van der Waals surface area contributed by atoms with Crippen LogP contribution in [0, 0.1) is 0 Å². The van der Waals surface area contributed by atoms with Gasteiger partial charge in [0.15, 0.2) is 9.84 Å². The van der Waals surface area contributed by atoms with Crippen molar-refractivity contribution in [2.75, 3.05) is 18.1 Å². The summed E-state index contributed by atoms with van der Waals surface area (Å²) in [5.74, 6) is 1.13. The molecule has 0 heterocycles. The van der Waals surface area contributed by atoms with E-state index in [-0.39, 0.29) is 18.1 Å². The van der Waals surface area contributed by atoms with E-state index in [1.807, 2.05) is 31.2 Å². The Morgan fingerprint density at radius 3 is 2.47 bits per heavy atom. The lowest BCUT2D eigenvalue weighted by molar-refractivity contribution is 0.337. The van der Waals surface area contributed by atoms with Crippen molar-refractivity contribution in [2.45, 2.75) is 26.7 Å². The van der Waals surface area contributed by atoms with Crippen molar-refractivity contribution < 1.29 is 13.2 Å². The third kappa shape index (κ3) is 4.77. The highest BCUT2D eigenvalue weighted by molar-refractivity contribution is 7.91. The summed E-state index contributed by atoms with van der Waals surface area (Å²) >= 11 is 0. The lowest BCUT2D eigenvalue weighted by atomic mass is 10.1. The maximum atomic E-state index is 11.5. The van der Waals surface area contributed by atoms with Crippen LogP contribution in [0.4, 0.5) is 0 Å². The summed E-state index contributed by atoms with van der Waals surface area (Å²) in [5.41, 5.74) is 1.11. The van der Waals surface area contributed by atoms with Crippen molar-refractivity contribution >= 4 is 9.84 Å². The van der Waals surface area contributed by atoms with Gasteiger partial charge in [-0.05, 0) is 24.5 Å². The van der Waals surface area contributed by atoms with Crippen molar-refractivity contribution in [3.8, 4) is 5.75 Å². The molecular formula is C13H20O3S. The molecular weight excluding hydrogens is 236 g/mol. The normalized spacial score (nSPS) is 11.4. The van der Waals surface area contributed by atoms with Gasteiger partial charge in [0.25, 0.3) is 0 Å². The highest BCUT2D eigenvalue weighted by Gasteiger charge is 2.09. The van der Waals surface area contributed by atoms with Gasteiger partial charge in [-0.25, -0.2) is 8.42 Å². The van der Waals surface area contributed by atoms with Gasteiger partial charge in [0, 0.05) is 0 Å². The van der Waals surface area contributed by atoms with Crippen LogP contribution in [0.25, 0.3) is 0 Å². The molecule has 4 heteroatoms. The molecule has 17 heavy (non-hydrogen) atoms. The summed E-state index contributed by atoms with van der Waals surface area (Å²) in [6, 6.07) is 7.73. The number of sulfone groups is 1. The molecule has 0 atom stereocenters.